The Bertz CT molecular complexity index is 423. The molecule has 0 bridgehead atoms. The van der Waals surface area contributed by atoms with Gasteiger partial charge >= 0.3 is 0 Å². The molecule has 1 saturated heterocycles. The summed E-state index contributed by atoms with van der Waals surface area (Å²) < 4.78 is 18.7. The molecule has 1 aliphatic rings. The average Bonchev–Trinajstić information content (AvgIpc) is 2.40. The lowest BCUT2D eigenvalue weighted by atomic mass is 9.98. The summed E-state index contributed by atoms with van der Waals surface area (Å²) in [5.74, 6) is -0.334. The first-order valence-electron chi connectivity index (χ1n) is 6.58. The fourth-order valence-corrected chi connectivity index (χ4v) is 2.36. The number of hydrogen-bond donors (Lipinski definition) is 0. The van der Waals surface area contributed by atoms with E-state index in [4.69, 9.17) is 4.74 Å². The van der Waals surface area contributed by atoms with Crippen LogP contribution >= 0.6 is 0 Å². The highest BCUT2D eigenvalue weighted by Gasteiger charge is 2.17. The SMILES string of the molecule is Cc1ccc(F)cc1C(=O)CCC1CCCCO1. The zero-order valence-electron chi connectivity index (χ0n) is 10.7. The van der Waals surface area contributed by atoms with Crippen molar-refractivity contribution in [1.82, 2.24) is 0 Å². The predicted molar refractivity (Wildman–Crippen MR) is 68.3 cm³/mol. The molecule has 1 unspecified atom stereocenters. The molecule has 0 amide bonds. The number of ether oxygens (including phenoxy) is 1. The van der Waals surface area contributed by atoms with E-state index in [1.165, 1.54) is 18.6 Å². The van der Waals surface area contributed by atoms with Crippen molar-refractivity contribution in [2.45, 2.75) is 45.1 Å². The quantitative estimate of drug-likeness (QED) is 0.762. The molecule has 1 heterocycles. The van der Waals surface area contributed by atoms with E-state index in [9.17, 15) is 9.18 Å². The molecule has 0 radical (unpaired) electrons. The van der Waals surface area contributed by atoms with Gasteiger partial charge in [0.05, 0.1) is 6.10 Å². The minimum atomic E-state index is -0.349. The summed E-state index contributed by atoms with van der Waals surface area (Å²) in [5.41, 5.74) is 1.34. The maximum Gasteiger partial charge on any atom is 0.163 e. The number of aryl methyl sites for hydroxylation is 1. The average molecular weight is 250 g/mol. The monoisotopic (exact) mass is 250 g/mol. The second kappa shape index (κ2) is 6.10. The molecule has 0 N–H and O–H groups in total. The second-order valence-corrected chi connectivity index (χ2v) is 4.91. The first-order chi connectivity index (χ1) is 8.66. The maximum absolute atomic E-state index is 13.1. The third kappa shape index (κ3) is 3.39. The van der Waals surface area contributed by atoms with E-state index in [1.807, 2.05) is 6.92 Å². The van der Waals surface area contributed by atoms with Gasteiger partial charge in [0, 0.05) is 18.6 Å². The topological polar surface area (TPSA) is 26.3 Å². The van der Waals surface area contributed by atoms with E-state index in [1.54, 1.807) is 6.07 Å². The summed E-state index contributed by atoms with van der Waals surface area (Å²) in [4.78, 5) is 12.0. The van der Waals surface area contributed by atoms with Gasteiger partial charge in [0.1, 0.15) is 5.82 Å². The highest BCUT2D eigenvalue weighted by atomic mass is 19.1. The highest BCUT2D eigenvalue weighted by Crippen LogP contribution is 2.19. The molecule has 1 aliphatic heterocycles. The van der Waals surface area contributed by atoms with E-state index in [2.05, 4.69) is 0 Å². The van der Waals surface area contributed by atoms with Crippen molar-refractivity contribution in [2.75, 3.05) is 6.61 Å². The number of carbonyl (C=O) groups excluding carboxylic acids is 1. The normalized spacial score (nSPS) is 19.8. The lowest BCUT2D eigenvalue weighted by Crippen LogP contribution is -2.20. The van der Waals surface area contributed by atoms with E-state index in [0.29, 0.717) is 12.0 Å². The van der Waals surface area contributed by atoms with Gasteiger partial charge in [0.15, 0.2) is 5.78 Å². The van der Waals surface area contributed by atoms with Crippen molar-refractivity contribution in [3.8, 4) is 0 Å². The molecule has 3 heteroatoms. The summed E-state index contributed by atoms with van der Waals surface area (Å²) in [6.45, 7) is 2.64. The molecule has 2 rings (SSSR count). The van der Waals surface area contributed by atoms with Crippen LogP contribution in [0.15, 0.2) is 18.2 Å². The third-order valence-electron chi connectivity index (χ3n) is 3.47. The molecule has 1 aromatic carbocycles. The third-order valence-corrected chi connectivity index (χ3v) is 3.47. The maximum atomic E-state index is 13.1. The van der Waals surface area contributed by atoms with E-state index in [0.717, 1.165) is 31.4 Å². The Morgan fingerprint density at radius 2 is 2.28 bits per heavy atom. The molecule has 1 fully saturated rings. The van der Waals surface area contributed by atoms with E-state index in [-0.39, 0.29) is 17.7 Å². The summed E-state index contributed by atoms with van der Waals surface area (Å²) in [6.07, 6.45) is 4.72. The lowest BCUT2D eigenvalue weighted by Gasteiger charge is -2.22. The number of rotatable bonds is 4. The molecule has 0 aromatic heterocycles. The number of benzene rings is 1. The van der Waals surface area contributed by atoms with E-state index >= 15 is 0 Å². The van der Waals surface area contributed by atoms with Crippen LogP contribution in [0, 0.1) is 12.7 Å². The molecule has 1 aromatic rings. The predicted octanol–water partition coefficient (Wildman–Crippen LogP) is 3.67. The van der Waals surface area contributed by atoms with Crippen molar-refractivity contribution in [2.24, 2.45) is 0 Å². The van der Waals surface area contributed by atoms with Gasteiger partial charge in [-0.15, -0.1) is 0 Å². The summed E-state index contributed by atoms with van der Waals surface area (Å²) in [6, 6.07) is 4.37. The van der Waals surface area contributed by atoms with Crippen LogP contribution in [0.2, 0.25) is 0 Å². The van der Waals surface area contributed by atoms with Gasteiger partial charge in [-0.3, -0.25) is 4.79 Å². The van der Waals surface area contributed by atoms with Crippen molar-refractivity contribution in [3.63, 3.8) is 0 Å². The number of ketones is 1. The van der Waals surface area contributed by atoms with Crippen molar-refractivity contribution < 1.29 is 13.9 Å². The van der Waals surface area contributed by atoms with Crippen LogP contribution in [-0.2, 0) is 4.74 Å². The van der Waals surface area contributed by atoms with Gasteiger partial charge in [-0.2, -0.15) is 0 Å². The van der Waals surface area contributed by atoms with Crippen LogP contribution in [-0.4, -0.2) is 18.5 Å². The number of hydrogen-bond acceptors (Lipinski definition) is 2. The molecule has 1 atom stereocenters. The summed E-state index contributed by atoms with van der Waals surface area (Å²) in [7, 11) is 0. The molecule has 18 heavy (non-hydrogen) atoms. The molecular weight excluding hydrogens is 231 g/mol. The van der Waals surface area contributed by atoms with E-state index < -0.39 is 0 Å². The fraction of sp³-hybridized carbons (Fsp3) is 0.533. The zero-order valence-corrected chi connectivity index (χ0v) is 10.7. The second-order valence-electron chi connectivity index (χ2n) is 4.91. The first kappa shape index (κ1) is 13.2. The molecule has 0 spiro atoms. The first-order valence-corrected chi connectivity index (χ1v) is 6.58. The fourth-order valence-electron chi connectivity index (χ4n) is 2.36. The Morgan fingerprint density at radius 1 is 1.44 bits per heavy atom. The summed E-state index contributed by atoms with van der Waals surface area (Å²) >= 11 is 0. The molecular formula is C15H19FO2. The number of halogens is 1. The van der Waals surface area contributed by atoms with Crippen LogP contribution in [0.4, 0.5) is 4.39 Å². The Morgan fingerprint density at radius 3 is 3.00 bits per heavy atom. The van der Waals surface area contributed by atoms with Crippen molar-refractivity contribution >= 4 is 5.78 Å². The van der Waals surface area contributed by atoms with Crippen LogP contribution < -0.4 is 0 Å². The molecule has 98 valence electrons. The lowest BCUT2D eigenvalue weighted by molar-refractivity contribution is 0.0104. The standard InChI is InChI=1S/C15H19FO2/c1-11-5-6-12(16)10-14(11)15(17)8-7-13-4-2-3-9-18-13/h5-6,10,13H,2-4,7-9H2,1H3. The molecule has 2 nitrogen and oxygen atoms in total. The number of Topliss-reactive ketones (excluding diaryl/α,β-unsaturated/α-hetero) is 1. The minimum Gasteiger partial charge on any atom is -0.378 e. The Hall–Kier alpha value is -1.22. The molecule has 0 saturated carbocycles. The van der Waals surface area contributed by atoms with Gasteiger partial charge in [-0.25, -0.2) is 4.39 Å². The summed E-state index contributed by atoms with van der Waals surface area (Å²) in [5, 5.41) is 0. The molecule has 0 aliphatic carbocycles. The van der Waals surface area contributed by atoms with Crippen LogP contribution in [0.3, 0.4) is 0 Å². The Labute approximate surface area is 107 Å². The van der Waals surface area contributed by atoms with Gasteiger partial charge < -0.3 is 4.74 Å². The largest absolute Gasteiger partial charge is 0.378 e. The Kier molecular flexibility index (Phi) is 4.48. The van der Waals surface area contributed by atoms with Crippen molar-refractivity contribution in [3.05, 3.63) is 35.1 Å². The smallest absolute Gasteiger partial charge is 0.163 e. The highest BCUT2D eigenvalue weighted by molar-refractivity contribution is 5.97. The van der Waals surface area contributed by atoms with Gasteiger partial charge in [0.2, 0.25) is 0 Å². The number of carbonyl (C=O) groups is 1. The van der Waals surface area contributed by atoms with Gasteiger partial charge in [0.25, 0.3) is 0 Å². The Balaban J connectivity index is 1.92. The van der Waals surface area contributed by atoms with Gasteiger partial charge in [-0.1, -0.05) is 6.07 Å². The van der Waals surface area contributed by atoms with Gasteiger partial charge in [-0.05, 0) is 50.3 Å². The van der Waals surface area contributed by atoms with Crippen LogP contribution in [0.25, 0.3) is 0 Å². The van der Waals surface area contributed by atoms with Crippen molar-refractivity contribution in [1.29, 1.82) is 0 Å². The van der Waals surface area contributed by atoms with Crippen LogP contribution in [0.5, 0.6) is 0 Å². The minimum absolute atomic E-state index is 0.0150. The zero-order chi connectivity index (χ0) is 13.0. The van der Waals surface area contributed by atoms with Crippen LogP contribution in [0.1, 0.15) is 48.0 Å².